The highest BCUT2D eigenvalue weighted by Gasteiger charge is 2.26. The van der Waals surface area contributed by atoms with Gasteiger partial charge in [0.2, 0.25) is 0 Å². The fourth-order valence-electron chi connectivity index (χ4n) is 0.815. The predicted octanol–water partition coefficient (Wildman–Crippen LogP) is 1.93. The first-order valence-electron chi connectivity index (χ1n) is 4.18. The van der Waals surface area contributed by atoms with Gasteiger partial charge < -0.3 is 0 Å². The van der Waals surface area contributed by atoms with Crippen molar-refractivity contribution in [2.24, 2.45) is 0 Å². The van der Waals surface area contributed by atoms with E-state index >= 15 is 0 Å². The zero-order valence-corrected chi connectivity index (χ0v) is 13.6. The maximum atomic E-state index is 11.7. The second-order valence-electron chi connectivity index (χ2n) is 3.00. The van der Waals surface area contributed by atoms with E-state index in [0.717, 1.165) is 0 Å². The minimum atomic E-state index is -3.72. The molecule has 0 aromatic carbocycles. The third-order valence-corrected chi connectivity index (χ3v) is 6.11. The Morgan fingerprint density at radius 1 is 1.31 bits per heavy atom. The van der Waals surface area contributed by atoms with Crippen LogP contribution in [-0.2, 0) is 20.5 Å². The summed E-state index contributed by atoms with van der Waals surface area (Å²) < 4.78 is 44.4. The Morgan fingerprint density at radius 2 is 1.75 bits per heavy atom. The maximum absolute atomic E-state index is 11.7. The lowest BCUT2D eigenvalue weighted by Crippen LogP contribution is -2.15. The zero-order chi connectivity index (χ0) is 13.1. The molecular formula is C8H12Br2O4S2. The van der Waals surface area contributed by atoms with Crippen LogP contribution in [0, 0.1) is 0 Å². The van der Waals surface area contributed by atoms with Crippen LogP contribution in [0.5, 0.6) is 0 Å². The Balaban J connectivity index is 5.56. The highest BCUT2D eigenvalue weighted by molar-refractivity contribution is 9.11. The van der Waals surface area contributed by atoms with Crippen molar-refractivity contribution in [3.05, 3.63) is 22.5 Å². The molecule has 0 fully saturated rings. The van der Waals surface area contributed by atoms with Crippen LogP contribution in [0.1, 0.15) is 13.8 Å². The number of sulfone groups is 1. The van der Waals surface area contributed by atoms with Crippen molar-refractivity contribution >= 4 is 52.4 Å². The number of alkyl halides is 2. The van der Waals surface area contributed by atoms with Gasteiger partial charge in [0.05, 0.1) is 9.81 Å². The van der Waals surface area contributed by atoms with Gasteiger partial charge in [-0.15, -0.1) is 0 Å². The summed E-state index contributed by atoms with van der Waals surface area (Å²) in [6.45, 7) is 6.40. The van der Waals surface area contributed by atoms with Crippen molar-refractivity contribution < 1.29 is 16.8 Å². The molecule has 0 aliphatic rings. The Kier molecular flexibility index (Phi) is 6.45. The molecule has 94 valence electrons. The molecule has 0 amide bonds. The van der Waals surface area contributed by atoms with E-state index in [1.807, 2.05) is 0 Å². The molecule has 8 heteroatoms. The highest BCUT2D eigenvalue weighted by Crippen LogP contribution is 2.24. The molecule has 4 nitrogen and oxygen atoms in total. The lowest BCUT2D eigenvalue weighted by molar-refractivity contribution is 0.600. The molecule has 0 aliphatic heterocycles. The molecule has 0 rings (SSSR count). The van der Waals surface area contributed by atoms with Crippen molar-refractivity contribution in [3.8, 4) is 0 Å². The maximum Gasteiger partial charge on any atom is 0.191 e. The van der Waals surface area contributed by atoms with Crippen molar-refractivity contribution in [2.75, 3.05) is 0 Å². The van der Waals surface area contributed by atoms with Gasteiger partial charge in [-0.05, 0) is 13.8 Å². The summed E-state index contributed by atoms with van der Waals surface area (Å²) in [7, 11) is -6.71. The largest absolute Gasteiger partial charge is 0.227 e. The average Bonchev–Trinajstić information content (AvgIpc) is 2.11. The lowest BCUT2D eigenvalue weighted by atomic mass is 10.4. The lowest BCUT2D eigenvalue weighted by Gasteiger charge is -2.09. The van der Waals surface area contributed by atoms with Crippen LogP contribution in [0.3, 0.4) is 0 Å². The van der Waals surface area contributed by atoms with Gasteiger partial charge in [-0.2, -0.15) is 0 Å². The highest BCUT2D eigenvalue weighted by atomic mass is 79.9. The Labute approximate surface area is 114 Å². The number of rotatable bonds is 5. The van der Waals surface area contributed by atoms with E-state index in [0.29, 0.717) is 0 Å². The molecule has 2 unspecified atom stereocenters. The zero-order valence-electron chi connectivity index (χ0n) is 8.68. The van der Waals surface area contributed by atoms with E-state index < -0.39 is 24.7 Å². The van der Waals surface area contributed by atoms with E-state index in [-0.39, 0.29) is 14.6 Å². The van der Waals surface area contributed by atoms with Crippen LogP contribution in [0.15, 0.2) is 22.5 Å². The first kappa shape index (κ1) is 16.3. The van der Waals surface area contributed by atoms with Gasteiger partial charge in [0, 0.05) is 4.83 Å². The second kappa shape index (κ2) is 6.32. The molecule has 16 heavy (non-hydrogen) atoms. The predicted molar refractivity (Wildman–Crippen MR) is 73.2 cm³/mol. The minimum Gasteiger partial charge on any atom is -0.227 e. The summed E-state index contributed by atoms with van der Waals surface area (Å²) in [6.07, 6.45) is 1.29. The molecule has 0 aliphatic carbocycles. The summed E-state index contributed by atoms with van der Waals surface area (Å²) >= 11 is 6.02. The van der Waals surface area contributed by atoms with Crippen molar-refractivity contribution in [2.45, 2.75) is 22.8 Å². The number of hydrogen-bond acceptors (Lipinski definition) is 4. The van der Waals surface area contributed by atoms with Crippen LogP contribution in [0.4, 0.5) is 0 Å². The van der Waals surface area contributed by atoms with Crippen LogP contribution in [0.2, 0.25) is 0 Å². The number of thiol groups is 1. The quantitative estimate of drug-likeness (QED) is 0.438. The minimum absolute atomic E-state index is 0.256. The third-order valence-electron chi connectivity index (χ3n) is 1.64. The topological polar surface area (TPSA) is 68.3 Å². The van der Waals surface area contributed by atoms with Crippen molar-refractivity contribution in [1.29, 1.82) is 0 Å². The first-order valence-corrected chi connectivity index (χ1v) is 8.73. The summed E-state index contributed by atoms with van der Waals surface area (Å²) in [5.41, 5.74) is 0. The SMILES string of the molecule is C=C(/C(=C/C(C)Br)[SH](=O)=O)S(=O)(=O)C(C)Br. The standard InChI is InChI=1S/C8H12Br2O4S2/c1-5(9)4-8(15(11)12)6(2)16(13,14)7(3)10/h4-5,7,15H,2H2,1,3H3/b8-4-. The molecule has 0 aromatic heterocycles. The monoisotopic (exact) mass is 394 g/mol. The second-order valence-corrected chi connectivity index (χ2v) is 9.71. The van der Waals surface area contributed by atoms with Crippen LogP contribution in [-0.4, -0.2) is 25.8 Å². The average molecular weight is 396 g/mol. The van der Waals surface area contributed by atoms with Gasteiger partial charge in [-0.1, -0.05) is 44.5 Å². The third kappa shape index (κ3) is 4.31. The molecule has 2 atom stereocenters. The van der Waals surface area contributed by atoms with E-state index in [4.69, 9.17) is 0 Å². The first-order chi connectivity index (χ1) is 7.10. The molecule has 0 saturated carbocycles. The van der Waals surface area contributed by atoms with Crippen LogP contribution >= 0.6 is 31.9 Å². The van der Waals surface area contributed by atoms with Crippen LogP contribution < -0.4 is 0 Å². The molecule has 0 aromatic rings. The van der Waals surface area contributed by atoms with Gasteiger partial charge in [-0.25, -0.2) is 16.8 Å². The molecule has 0 bridgehead atoms. The molecule has 0 N–H and O–H groups in total. The van der Waals surface area contributed by atoms with E-state index in [9.17, 15) is 16.8 Å². The van der Waals surface area contributed by atoms with Gasteiger partial charge in [0.1, 0.15) is 4.16 Å². The van der Waals surface area contributed by atoms with E-state index in [2.05, 4.69) is 38.4 Å². The Bertz CT molecular complexity index is 464. The molecule has 0 heterocycles. The number of hydrogen-bond donors (Lipinski definition) is 1. The van der Waals surface area contributed by atoms with Crippen molar-refractivity contribution in [1.82, 2.24) is 0 Å². The number of allylic oxidation sites excluding steroid dienone is 1. The summed E-state index contributed by atoms with van der Waals surface area (Å²) in [5.74, 6) is 0. The number of halogens is 2. The van der Waals surface area contributed by atoms with Crippen LogP contribution in [0.25, 0.3) is 0 Å². The molecule has 0 saturated heterocycles. The van der Waals surface area contributed by atoms with E-state index in [1.165, 1.54) is 13.0 Å². The molecule has 0 radical (unpaired) electrons. The van der Waals surface area contributed by atoms with Gasteiger partial charge >= 0.3 is 0 Å². The van der Waals surface area contributed by atoms with E-state index in [1.54, 1.807) is 6.92 Å². The fraction of sp³-hybridized carbons (Fsp3) is 0.500. The van der Waals surface area contributed by atoms with Gasteiger partial charge in [0.25, 0.3) is 0 Å². The Hall–Kier alpha value is 0.340. The summed E-state index contributed by atoms with van der Waals surface area (Å²) in [5, 5.41) is 0. The Morgan fingerprint density at radius 3 is 2.00 bits per heavy atom. The van der Waals surface area contributed by atoms with Gasteiger partial charge in [-0.3, -0.25) is 0 Å². The van der Waals surface area contributed by atoms with Crippen molar-refractivity contribution in [3.63, 3.8) is 0 Å². The summed E-state index contributed by atoms with van der Waals surface area (Å²) in [4.78, 5) is -0.919. The normalized spacial score (nSPS) is 17.2. The smallest absolute Gasteiger partial charge is 0.191 e. The van der Waals surface area contributed by atoms with Gasteiger partial charge in [0.15, 0.2) is 20.5 Å². The summed E-state index contributed by atoms with van der Waals surface area (Å²) in [6, 6.07) is 0. The molecular weight excluding hydrogens is 384 g/mol. The molecule has 0 spiro atoms. The fourth-order valence-corrected chi connectivity index (χ4v) is 3.87.